The van der Waals surface area contributed by atoms with Crippen molar-refractivity contribution in [1.82, 2.24) is 9.91 Å². The second-order valence-corrected chi connectivity index (χ2v) is 8.77. The molecule has 1 atom stereocenters. The lowest BCUT2D eigenvalue weighted by Crippen LogP contribution is -2.41. The summed E-state index contributed by atoms with van der Waals surface area (Å²) in [6, 6.07) is 13.2. The third-order valence-corrected chi connectivity index (χ3v) is 6.62. The van der Waals surface area contributed by atoms with Crippen molar-refractivity contribution >= 4 is 11.6 Å². The van der Waals surface area contributed by atoms with Crippen molar-refractivity contribution in [2.75, 3.05) is 41.0 Å². The van der Waals surface area contributed by atoms with Gasteiger partial charge in [0.05, 0.1) is 39.6 Å². The number of hydrazone groups is 1. The molecule has 0 aliphatic carbocycles. The summed E-state index contributed by atoms with van der Waals surface area (Å²) >= 11 is 0. The number of benzene rings is 2. The number of hydrogen-bond acceptors (Lipinski definition) is 6. The van der Waals surface area contributed by atoms with Crippen LogP contribution in [-0.4, -0.2) is 62.5 Å². The molecular formula is C26H33N3O4. The number of piperidine rings is 1. The van der Waals surface area contributed by atoms with Gasteiger partial charge in [-0.15, -0.1) is 0 Å². The Kier molecular flexibility index (Phi) is 7.18. The maximum Gasteiger partial charge on any atom is 0.257 e. The quantitative estimate of drug-likeness (QED) is 0.634. The molecule has 33 heavy (non-hydrogen) atoms. The molecule has 2 aliphatic heterocycles. The Bertz CT molecular complexity index is 1010. The Morgan fingerprint density at radius 3 is 2.42 bits per heavy atom. The number of nitrogens with zero attached hydrogens (tertiary/aromatic N) is 3. The SMILES string of the molecule is COc1ccc(C2CC(c3ccccc3OC)=NN2C(=O)CN2CCC(C)CC2)c(OC)c1. The first-order valence-corrected chi connectivity index (χ1v) is 11.5. The summed E-state index contributed by atoms with van der Waals surface area (Å²) in [6.45, 7) is 4.53. The minimum Gasteiger partial charge on any atom is -0.497 e. The molecule has 176 valence electrons. The van der Waals surface area contributed by atoms with Gasteiger partial charge < -0.3 is 14.2 Å². The van der Waals surface area contributed by atoms with Gasteiger partial charge in [-0.25, -0.2) is 5.01 Å². The van der Waals surface area contributed by atoms with E-state index >= 15 is 0 Å². The van der Waals surface area contributed by atoms with E-state index in [1.54, 1.807) is 26.3 Å². The number of methoxy groups -OCH3 is 3. The van der Waals surface area contributed by atoms with Gasteiger partial charge in [0.15, 0.2) is 0 Å². The Hall–Kier alpha value is -3.06. The van der Waals surface area contributed by atoms with Crippen LogP contribution in [0.5, 0.6) is 17.2 Å². The highest BCUT2D eigenvalue weighted by Gasteiger charge is 2.36. The molecule has 1 amide bonds. The summed E-state index contributed by atoms with van der Waals surface area (Å²) in [6.07, 6.45) is 2.82. The summed E-state index contributed by atoms with van der Waals surface area (Å²) in [4.78, 5) is 15.8. The van der Waals surface area contributed by atoms with Gasteiger partial charge in [0.25, 0.3) is 5.91 Å². The maximum absolute atomic E-state index is 13.5. The summed E-state index contributed by atoms with van der Waals surface area (Å²) in [5, 5.41) is 6.47. The van der Waals surface area contributed by atoms with Gasteiger partial charge in [0.1, 0.15) is 17.2 Å². The highest BCUT2D eigenvalue weighted by atomic mass is 16.5. The first-order valence-electron chi connectivity index (χ1n) is 11.5. The molecule has 0 N–H and O–H groups in total. The molecule has 0 saturated carbocycles. The molecular weight excluding hydrogens is 418 g/mol. The number of para-hydroxylation sites is 1. The molecule has 2 aromatic carbocycles. The Morgan fingerprint density at radius 2 is 1.73 bits per heavy atom. The number of rotatable bonds is 7. The van der Waals surface area contributed by atoms with E-state index in [-0.39, 0.29) is 11.9 Å². The van der Waals surface area contributed by atoms with Gasteiger partial charge in [-0.2, -0.15) is 5.10 Å². The van der Waals surface area contributed by atoms with Crippen molar-refractivity contribution in [3.63, 3.8) is 0 Å². The molecule has 2 aromatic rings. The van der Waals surface area contributed by atoms with E-state index in [9.17, 15) is 4.79 Å². The monoisotopic (exact) mass is 451 g/mol. The molecule has 1 saturated heterocycles. The van der Waals surface area contributed by atoms with Crippen LogP contribution in [0.4, 0.5) is 0 Å². The standard InChI is InChI=1S/C26H33N3O4/c1-18-11-13-28(14-12-18)17-26(30)29-23(21-10-9-19(31-2)15-25(21)33-4)16-22(27-29)20-7-5-6-8-24(20)32-3/h5-10,15,18,23H,11-14,16-17H2,1-4H3. The molecule has 2 heterocycles. The van der Waals surface area contributed by atoms with Gasteiger partial charge in [-0.1, -0.05) is 19.1 Å². The van der Waals surface area contributed by atoms with Crippen LogP contribution in [0.2, 0.25) is 0 Å². The number of ether oxygens (including phenoxy) is 3. The molecule has 7 heteroatoms. The number of amides is 1. The average Bonchev–Trinajstić information content (AvgIpc) is 3.30. The van der Waals surface area contributed by atoms with Crippen LogP contribution in [0.1, 0.15) is 43.4 Å². The summed E-state index contributed by atoms with van der Waals surface area (Å²) in [5.41, 5.74) is 2.64. The topological polar surface area (TPSA) is 63.6 Å². The van der Waals surface area contributed by atoms with E-state index in [1.807, 2.05) is 42.5 Å². The molecule has 2 aliphatic rings. The minimum atomic E-state index is -0.262. The molecule has 0 aromatic heterocycles. The number of carbonyl (C=O) groups excluding carboxylic acids is 1. The van der Waals surface area contributed by atoms with E-state index in [2.05, 4.69) is 11.8 Å². The van der Waals surface area contributed by atoms with Crippen LogP contribution in [0, 0.1) is 5.92 Å². The Labute approximate surface area is 195 Å². The van der Waals surface area contributed by atoms with Crippen molar-refractivity contribution in [3.05, 3.63) is 53.6 Å². The third-order valence-electron chi connectivity index (χ3n) is 6.62. The fourth-order valence-corrected chi connectivity index (χ4v) is 4.61. The van der Waals surface area contributed by atoms with Crippen molar-refractivity contribution in [2.45, 2.75) is 32.2 Å². The molecule has 0 bridgehead atoms. The summed E-state index contributed by atoms with van der Waals surface area (Å²) < 4.78 is 16.6. The largest absolute Gasteiger partial charge is 0.497 e. The van der Waals surface area contributed by atoms with Crippen molar-refractivity contribution in [1.29, 1.82) is 0 Å². The van der Waals surface area contributed by atoms with E-state index < -0.39 is 0 Å². The second kappa shape index (κ2) is 10.3. The Morgan fingerprint density at radius 1 is 1.00 bits per heavy atom. The molecule has 1 unspecified atom stereocenters. The molecule has 0 spiro atoms. The highest BCUT2D eigenvalue weighted by Crippen LogP contribution is 2.40. The van der Waals surface area contributed by atoms with Gasteiger partial charge in [0, 0.05) is 23.6 Å². The van der Waals surface area contributed by atoms with E-state index in [1.165, 1.54) is 0 Å². The lowest BCUT2D eigenvalue weighted by molar-refractivity contribution is -0.134. The van der Waals surface area contributed by atoms with Crippen LogP contribution in [0.25, 0.3) is 0 Å². The number of hydrogen-bond donors (Lipinski definition) is 0. The zero-order chi connectivity index (χ0) is 23.4. The molecule has 4 rings (SSSR count). The predicted octanol–water partition coefficient (Wildman–Crippen LogP) is 4.12. The van der Waals surface area contributed by atoms with Crippen molar-refractivity contribution in [3.8, 4) is 17.2 Å². The van der Waals surface area contributed by atoms with Crippen LogP contribution >= 0.6 is 0 Å². The van der Waals surface area contributed by atoms with Gasteiger partial charge >= 0.3 is 0 Å². The zero-order valence-corrected chi connectivity index (χ0v) is 19.9. The fraction of sp³-hybridized carbons (Fsp3) is 0.462. The molecule has 7 nitrogen and oxygen atoms in total. The Balaban J connectivity index is 1.66. The first-order chi connectivity index (χ1) is 16.0. The van der Waals surface area contributed by atoms with E-state index in [4.69, 9.17) is 19.3 Å². The third kappa shape index (κ3) is 4.98. The zero-order valence-electron chi connectivity index (χ0n) is 19.9. The normalized spacial score (nSPS) is 19.3. The first kappa shape index (κ1) is 23.1. The molecule has 0 radical (unpaired) electrons. The highest BCUT2D eigenvalue weighted by molar-refractivity contribution is 6.05. The smallest absolute Gasteiger partial charge is 0.257 e. The van der Waals surface area contributed by atoms with Gasteiger partial charge in [-0.05, 0) is 56.1 Å². The van der Waals surface area contributed by atoms with Crippen molar-refractivity contribution in [2.24, 2.45) is 11.0 Å². The van der Waals surface area contributed by atoms with Crippen LogP contribution in [0.15, 0.2) is 47.6 Å². The van der Waals surface area contributed by atoms with Crippen LogP contribution in [0.3, 0.4) is 0 Å². The van der Waals surface area contributed by atoms with Gasteiger partial charge in [0.2, 0.25) is 0 Å². The maximum atomic E-state index is 13.5. The van der Waals surface area contributed by atoms with E-state index in [0.29, 0.717) is 24.5 Å². The lowest BCUT2D eigenvalue weighted by atomic mass is 9.96. The summed E-state index contributed by atoms with van der Waals surface area (Å²) in [5.74, 6) is 2.85. The summed E-state index contributed by atoms with van der Waals surface area (Å²) in [7, 11) is 4.91. The fourth-order valence-electron chi connectivity index (χ4n) is 4.61. The van der Waals surface area contributed by atoms with Crippen LogP contribution in [-0.2, 0) is 4.79 Å². The average molecular weight is 452 g/mol. The number of likely N-dealkylation sites (tertiary alicyclic amines) is 1. The van der Waals surface area contributed by atoms with Gasteiger partial charge in [-0.3, -0.25) is 9.69 Å². The van der Waals surface area contributed by atoms with Crippen molar-refractivity contribution < 1.29 is 19.0 Å². The predicted molar refractivity (Wildman–Crippen MR) is 128 cm³/mol. The second-order valence-electron chi connectivity index (χ2n) is 8.77. The molecule has 1 fully saturated rings. The van der Waals surface area contributed by atoms with E-state index in [0.717, 1.165) is 54.4 Å². The number of carbonyl (C=O) groups is 1. The lowest BCUT2D eigenvalue weighted by Gasteiger charge is -2.31. The minimum absolute atomic E-state index is 0.00248. The van der Waals surface area contributed by atoms with Crippen LogP contribution < -0.4 is 14.2 Å².